The molecule has 174 valence electrons. The van der Waals surface area contributed by atoms with E-state index in [-0.39, 0.29) is 43.7 Å². The van der Waals surface area contributed by atoms with E-state index < -0.39 is 11.8 Å². The predicted octanol–water partition coefficient (Wildman–Crippen LogP) is 1.76. The average molecular weight is 455 g/mol. The van der Waals surface area contributed by atoms with Crippen LogP contribution in [0.2, 0.25) is 0 Å². The summed E-state index contributed by atoms with van der Waals surface area (Å²) in [6, 6.07) is 14.9. The van der Waals surface area contributed by atoms with Gasteiger partial charge in [0.25, 0.3) is 17.6 Å². The molecule has 2 amide bonds. The van der Waals surface area contributed by atoms with Crippen LogP contribution >= 0.6 is 0 Å². The zero-order valence-corrected chi connectivity index (χ0v) is 18.1. The smallest absolute Gasteiger partial charge is 0.379 e. The van der Waals surface area contributed by atoms with Crippen LogP contribution in [-0.2, 0) is 23.7 Å². The number of Topliss-reactive ketones (excluding diaryl/α,β-unsaturated/α-hetero) is 1. The van der Waals surface area contributed by atoms with Crippen molar-refractivity contribution in [3.8, 4) is 0 Å². The number of nitrogens with zero attached hydrogens (tertiary/aromatic N) is 1. The highest BCUT2D eigenvalue weighted by Gasteiger charge is 2.34. The van der Waals surface area contributed by atoms with E-state index in [0.717, 1.165) is 0 Å². The lowest BCUT2D eigenvalue weighted by Crippen LogP contribution is -2.33. The Kier molecular flexibility index (Phi) is 9.25. The van der Waals surface area contributed by atoms with Gasteiger partial charge in [-0.15, -0.1) is 0 Å². The van der Waals surface area contributed by atoms with Crippen LogP contribution in [0, 0.1) is 0 Å². The van der Waals surface area contributed by atoms with E-state index >= 15 is 0 Å². The van der Waals surface area contributed by atoms with Crippen LogP contribution in [0.4, 0.5) is 0 Å². The number of ketones is 1. The van der Waals surface area contributed by atoms with Crippen molar-refractivity contribution in [2.75, 3.05) is 52.8 Å². The predicted molar refractivity (Wildman–Crippen MR) is 116 cm³/mol. The van der Waals surface area contributed by atoms with E-state index in [1.54, 1.807) is 54.6 Å². The Bertz CT molecular complexity index is 940. The van der Waals surface area contributed by atoms with E-state index in [0.29, 0.717) is 37.6 Å². The normalized spacial score (nSPS) is 12.7. The third-order valence-electron chi connectivity index (χ3n) is 4.76. The standard InChI is InChI=1S/C24H25NO8/c26-21(18-6-2-1-3-7-18)24(29)33-17-16-32-15-14-31-13-12-30-11-10-25-22(27)19-8-4-5-9-20(19)23(25)28/h1-9H,10-17H2. The maximum atomic E-state index is 12.2. The number of hydrogen-bond donors (Lipinski definition) is 0. The molecule has 2 aromatic carbocycles. The van der Waals surface area contributed by atoms with Gasteiger partial charge >= 0.3 is 5.97 Å². The third kappa shape index (κ3) is 6.79. The van der Waals surface area contributed by atoms with Crippen molar-refractivity contribution >= 4 is 23.6 Å². The monoisotopic (exact) mass is 455 g/mol. The fraction of sp³-hybridized carbons (Fsp3) is 0.333. The second-order valence-electron chi connectivity index (χ2n) is 6.98. The summed E-state index contributed by atoms with van der Waals surface area (Å²) in [5, 5.41) is 0. The van der Waals surface area contributed by atoms with Gasteiger partial charge in [0.05, 0.1) is 57.3 Å². The molecule has 0 unspecified atom stereocenters. The SMILES string of the molecule is O=C(OCCOCCOCCOCCN1C(=O)c2ccccc2C1=O)C(=O)c1ccccc1. The summed E-state index contributed by atoms with van der Waals surface area (Å²) in [4.78, 5) is 49.1. The zero-order chi connectivity index (χ0) is 23.5. The molecule has 0 fully saturated rings. The number of benzene rings is 2. The van der Waals surface area contributed by atoms with Crippen molar-refractivity contribution in [3.63, 3.8) is 0 Å². The maximum absolute atomic E-state index is 12.2. The van der Waals surface area contributed by atoms with Crippen LogP contribution in [0.15, 0.2) is 54.6 Å². The van der Waals surface area contributed by atoms with Gasteiger partial charge in [-0.2, -0.15) is 0 Å². The van der Waals surface area contributed by atoms with Crippen LogP contribution in [-0.4, -0.2) is 81.3 Å². The molecule has 0 bridgehead atoms. The Hall–Kier alpha value is -3.40. The van der Waals surface area contributed by atoms with Gasteiger partial charge in [-0.3, -0.25) is 19.3 Å². The lowest BCUT2D eigenvalue weighted by Gasteiger charge is -2.13. The van der Waals surface area contributed by atoms with E-state index in [1.807, 2.05) is 0 Å². The van der Waals surface area contributed by atoms with Gasteiger partial charge in [-0.05, 0) is 12.1 Å². The molecule has 9 heteroatoms. The average Bonchev–Trinajstić information content (AvgIpc) is 3.09. The van der Waals surface area contributed by atoms with Gasteiger partial charge in [0.1, 0.15) is 6.61 Å². The maximum Gasteiger partial charge on any atom is 0.379 e. The third-order valence-corrected chi connectivity index (χ3v) is 4.76. The fourth-order valence-corrected chi connectivity index (χ4v) is 3.11. The number of carbonyl (C=O) groups is 4. The minimum absolute atomic E-state index is 0.0294. The fourth-order valence-electron chi connectivity index (χ4n) is 3.11. The van der Waals surface area contributed by atoms with E-state index in [9.17, 15) is 19.2 Å². The molecule has 0 atom stereocenters. The molecule has 0 saturated carbocycles. The first kappa shape index (κ1) is 24.2. The van der Waals surface area contributed by atoms with Gasteiger partial charge in [0.15, 0.2) is 0 Å². The highest BCUT2D eigenvalue weighted by molar-refractivity contribution is 6.40. The number of rotatable bonds is 14. The Labute approximate surface area is 191 Å². The summed E-state index contributed by atoms with van der Waals surface area (Å²) in [6.07, 6.45) is 0. The summed E-state index contributed by atoms with van der Waals surface area (Å²) in [7, 11) is 0. The minimum atomic E-state index is -0.917. The topological polar surface area (TPSA) is 108 Å². The molecule has 9 nitrogen and oxygen atoms in total. The molecule has 1 aliphatic heterocycles. The number of ether oxygens (including phenoxy) is 4. The van der Waals surface area contributed by atoms with Gasteiger partial charge < -0.3 is 18.9 Å². The molecule has 1 aliphatic rings. The lowest BCUT2D eigenvalue weighted by atomic mass is 10.1. The molecule has 0 saturated heterocycles. The molecule has 2 aromatic rings. The molecule has 0 aromatic heterocycles. The first-order valence-corrected chi connectivity index (χ1v) is 10.5. The highest BCUT2D eigenvalue weighted by Crippen LogP contribution is 2.21. The van der Waals surface area contributed by atoms with Crippen molar-refractivity contribution in [2.45, 2.75) is 0 Å². The molecule has 0 aliphatic carbocycles. The van der Waals surface area contributed by atoms with Crippen molar-refractivity contribution in [2.24, 2.45) is 0 Å². The molecule has 1 heterocycles. The highest BCUT2D eigenvalue weighted by atomic mass is 16.6. The lowest BCUT2D eigenvalue weighted by molar-refractivity contribution is -0.139. The molecule has 3 rings (SSSR count). The number of hydrogen-bond acceptors (Lipinski definition) is 8. The number of imide groups is 1. The van der Waals surface area contributed by atoms with Crippen LogP contribution in [0.1, 0.15) is 31.1 Å². The largest absolute Gasteiger partial charge is 0.457 e. The zero-order valence-electron chi connectivity index (χ0n) is 18.1. The number of fused-ring (bicyclic) bond motifs is 1. The Morgan fingerprint density at radius 2 is 1.12 bits per heavy atom. The van der Waals surface area contributed by atoms with Gasteiger partial charge in [0, 0.05) is 5.56 Å². The second kappa shape index (κ2) is 12.6. The first-order valence-electron chi connectivity index (χ1n) is 10.5. The second-order valence-corrected chi connectivity index (χ2v) is 6.98. The number of amides is 2. The van der Waals surface area contributed by atoms with Crippen molar-refractivity contribution in [1.82, 2.24) is 4.90 Å². The van der Waals surface area contributed by atoms with E-state index in [4.69, 9.17) is 18.9 Å². The van der Waals surface area contributed by atoms with Crippen LogP contribution < -0.4 is 0 Å². The Morgan fingerprint density at radius 3 is 1.70 bits per heavy atom. The van der Waals surface area contributed by atoms with Crippen molar-refractivity contribution < 1.29 is 38.1 Å². The van der Waals surface area contributed by atoms with Crippen molar-refractivity contribution in [1.29, 1.82) is 0 Å². The summed E-state index contributed by atoms with van der Waals surface area (Å²) < 4.78 is 20.9. The first-order chi connectivity index (χ1) is 16.1. The van der Waals surface area contributed by atoms with Crippen molar-refractivity contribution in [3.05, 3.63) is 71.3 Å². The molecular formula is C24H25NO8. The van der Waals surface area contributed by atoms with E-state index in [1.165, 1.54) is 4.90 Å². The Morgan fingerprint density at radius 1 is 0.636 bits per heavy atom. The minimum Gasteiger partial charge on any atom is -0.457 e. The number of esters is 1. The van der Waals surface area contributed by atoms with Gasteiger partial charge in [-0.1, -0.05) is 42.5 Å². The van der Waals surface area contributed by atoms with Crippen LogP contribution in [0.5, 0.6) is 0 Å². The molecule has 0 radical (unpaired) electrons. The van der Waals surface area contributed by atoms with Crippen LogP contribution in [0.3, 0.4) is 0 Å². The molecular weight excluding hydrogens is 430 g/mol. The Balaban J connectivity index is 1.15. The van der Waals surface area contributed by atoms with E-state index in [2.05, 4.69) is 0 Å². The molecule has 0 spiro atoms. The van der Waals surface area contributed by atoms with Gasteiger partial charge in [-0.25, -0.2) is 4.79 Å². The summed E-state index contributed by atoms with van der Waals surface area (Å²) in [5.41, 5.74) is 1.12. The summed E-state index contributed by atoms with van der Waals surface area (Å²) in [6.45, 7) is 1.76. The quantitative estimate of drug-likeness (QED) is 0.139. The summed E-state index contributed by atoms with van der Waals surface area (Å²) >= 11 is 0. The number of carbonyl (C=O) groups excluding carboxylic acids is 4. The van der Waals surface area contributed by atoms with Gasteiger partial charge in [0.2, 0.25) is 0 Å². The summed E-state index contributed by atoms with van der Waals surface area (Å²) in [5.74, 6) is -2.22. The van der Waals surface area contributed by atoms with Crippen LogP contribution in [0.25, 0.3) is 0 Å². The molecule has 0 N–H and O–H groups in total. The molecule has 33 heavy (non-hydrogen) atoms.